The molecule has 0 saturated carbocycles. The molecular weight excluding hydrogens is 402 g/mol. The summed E-state index contributed by atoms with van der Waals surface area (Å²) < 4.78 is 42.7. The predicted octanol–water partition coefficient (Wildman–Crippen LogP) is 6.55. The SMILES string of the molecule is CCC(F)(F)Oc1ccc(CCC(=O)COc2ccc3oc4ccccc4c3c2)cc1. The molecule has 4 nitrogen and oxygen atoms in total. The number of carbonyl (C=O) groups is 1. The van der Waals surface area contributed by atoms with Gasteiger partial charge in [-0.15, -0.1) is 0 Å². The first-order chi connectivity index (χ1) is 14.9. The highest BCUT2D eigenvalue weighted by molar-refractivity contribution is 6.05. The van der Waals surface area contributed by atoms with Crippen LogP contribution in [0.15, 0.2) is 71.1 Å². The minimum absolute atomic E-state index is 0.0365. The second-order valence-corrected chi connectivity index (χ2v) is 7.32. The summed E-state index contributed by atoms with van der Waals surface area (Å²) in [6.45, 7) is 1.32. The van der Waals surface area contributed by atoms with Gasteiger partial charge in [-0.3, -0.25) is 4.79 Å². The molecule has 0 unspecified atom stereocenters. The zero-order valence-corrected chi connectivity index (χ0v) is 17.1. The Kier molecular flexibility index (Phi) is 5.89. The van der Waals surface area contributed by atoms with Crippen molar-refractivity contribution in [2.24, 2.45) is 0 Å². The van der Waals surface area contributed by atoms with Crippen molar-refractivity contribution in [1.29, 1.82) is 0 Å². The molecular formula is C25H22F2O4. The van der Waals surface area contributed by atoms with Crippen LogP contribution < -0.4 is 9.47 Å². The molecule has 0 radical (unpaired) electrons. The minimum Gasteiger partial charge on any atom is -0.486 e. The van der Waals surface area contributed by atoms with Crippen LogP contribution in [0.5, 0.6) is 11.5 Å². The lowest BCUT2D eigenvalue weighted by Crippen LogP contribution is -2.23. The number of hydrogen-bond donors (Lipinski definition) is 0. The van der Waals surface area contributed by atoms with Crippen LogP contribution in [-0.2, 0) is 11.2 Å². The van der Waals surface area contributed by atoms with Crippen molar-refractivity contribution in [3.05, 3.63) is 72.3 Å². The number of furan rings is 1. The number of benzene rings is 3. The van der Waals surface area contributed by atoms with Crippen LogP contribution in [0.4, 0.5) is 8.78 Å². The van der Waals surface area contributed by atoms with Crippen LogP contribution >= 0.6 is 0 Å². The molecule has 6 heteroatoms. The van der Waals surface area contributed by atoms with Crippen molar-refractivity contribution < 1.29 is 27.5 Å². The highest BCUT2D eigenvalue weighted by Gasteiger charge is 2.28. The Labute approximate surface area is 178 Å². The Balaban J connectivity index is 1.31. The fourth-order valence-corrected chi connectivity index (χ4v) is 3.28. The quantitative estimate of drug-likeness (QED) is 0.306. The summed E-state index contributed by atoms with van der Waals surface area (Å²) in [7, 11) is 0. The Morgan fingerprint density at radius 1 is 0.935 bits per heavy atom. The van der Waals surface area contributed by atoms with Crippen LogP contribution in [-0.4, -0.2) is 18.5 Å². The number of alkyl halides is 2. The summed E-state index contributed by atoms with van der Waals surface area (Å²) in [4.78, 5) is 12.2. The lowest BCUT2D eigenvalue weighted by Gasteiger charge is -2.16. The predicted molar refractivity (Wildman–Crippen MR) is 115 cm³/mol. The van der Waals surface area contributed by atoms with E-state index in [0.717, 1.165) is 27.5 Å². The zero-order chi connectivity index (χ0) is 21.8. The standard InChI is InChI=1S/C25H22F2O4/c1-2-25(26,27)31-19-11-8-17(9-12-19)7-10-18(28)16-29-20-13-14-24-22(15-20)21-5-3-4-6-23(21)30-24/h3-6,8-9,11-15H,2,7,10,16H2,1H3. The van der Waals surface area contributed by atoms with E-state index in [1.807, 2.05) is 36.4 Å². The Morgan fingerprint density at radius 2 is 1.65 bits per heavy atom. The number of carbonyl (C=O) groups excluding carboxylic acids is 1. The van der Waals surface area contributed by atoms with E-state index < -0.39 is 12.5 Å². The normalized spacial score (nSPS) is 11.7. The molecule has 0 spiro atoms. The summed E-state index contributed by atoms with van der Waals surface area (Å²) in [6.07, 6.45) is -2.78. The van der Waals surface area contributed by atoms with E-state index in [-0.39, 0.29) is 18.1 Å². The molecule has 0 atom stereocenters. The summed E-state index contributed by atoms with van der Waals surface area (Å²) in [5.41, 5.74) is 2.44. The number of aryl methyl sites for hydroxylation is 1. The smallest absolute Gasteiger partial charge is 0.397 e. The number of rotatable bonds is 9. The molecule has 0 fully saturated rings. The van der Waals surface area contributed by atoms with Crippen LogP contribution in [0, 0.1) is 0 Å². The van der Waals surface area contributed by atoms with Gasteiger partial charge in [0.05, 0.1) is 0 Å². The van der Waals surface area contributed by atoms with Crippen molar-refractivity contribution in [1.82, 2.24) is 0 Å². The van der Waals surface area contributed by atoms with Gasteiger partial charge in [0.1, 0.15) is 29.3 Å². The van der Waals surface area contributed by atoms with Gasteiger partial charge in [0.2, 0.25) is 0 Å². The second-order valence-electron chi connectivity index (χ2n) is 7.32. The molecule has 1 heterocycles. The van der Waals surface area contributed by atoms with Gasteiger partial charge in [-0.25, -0.2) is 0 Å². The van der Waals surface area contributed by atoms with E-state index in [0.29, 0.717) is 18.6 Å². The van der Waals surface area contributed by atoms with Crippen molar-refractivity contribution in [2.75, 3.05) is 6.61 Å². The molecule has 0 saturated heterocycles. The number of para-hydroxylation sites is 1. The average molecular weight is 424 g/mol. The number of fused-ring (bicyclic) bond motifs is 3. The van der Waals surface area contributed by atoms with Gasteiger partial charge in [-0.2, -0.15) is 8.78 Å². The molecule has 0 aliphatic carbocycles. The zero-order valence-electron chi connectivity index (χ0n) is 17.1. The van der Waals surface area contributed by atoms with E-state index in [1.54, 1.807) is 18.2 Å². The van der Waals surface area contributed by atoms with E-state index in [2.05, 4.69) is 4.74 Å². The maximum Gasteiger partial charge on any atom is 0.397 e. The molecule has 0 bridgehead atoms. The van der Waals surface area contributed by atoms with Gasteiger partial charge in [0.15, 0.2) is 5.78 Å². The first-order valence-corrected chi connectivity index (χ1v) is 10.1. The molecule has 4 rings (SSSR count). The van der Waals surface area contributed by atoms with Crippen molar-refractivity contribution in [2.45, 2.75) is 32.3 Å². The maximum absolute atomic E-state index is 13.3. The van der Waals surface area contributed by atoms with Crippen molar-refractivity contribution in [3.8, 4) is 11.5 Å². The lowest BCUT2D eigenvalue weighted by atomic mass is 10.1. The van der Waals surface area contributed by atoms with Crippen LogP contribution in [0.1, 0.15) is 25.3 Å². The molecule has 0 aliphatic rings. The minimum atomic E-state index is -3.18. The maximum atomic E-state index is 13.3. The number of hydrogen-bond acceptors (Lipinski definition) is 4. The molecule has 0 amide bonds. The number of ketones is 1. The highest BCUT2D eigenvalue weighted by Crippen LogP contribution is 2.31. The second kappa shape index (κ2) is 8.76. The largest absolute Gasteiger partial charge is 0.486 e. The third kappa shape index (κ3) is 5.02. The molecule has 1 aromatic heterocycles. The van der Waals surface area contributed by atoms with E-state index in [1.165, 1.54) is 19.1 Å². The monoisotopic (exact) mass is 424 g/mol. The summed E-state index contributed by atoms with van der Waals surface area (Å²) in [5.74, 6) is 0.660. The number of ether oxygens (including phenoxy) is 2. The molecule has 4 aromatic rings. The Bertz CT molecular complexity index is 1200. The lowest BCUT2D eigenvalue weighted by molar-refractivity contribution is -0.177. The average Bonchev–Trinajstić information content (AvgIpc) is 3.15. The van der Waals surface area contributed by atoms with E-state index >= 15 is 0 Å². The summed E-state index contributed by atoms with van der Waals surface area (Å²) >= 11 is 0. The van der Waals surface area contributed by atoms with Gasteiger partial charge in [0, 0.05) is 23.6 Å². The highest BCUT2D eigenvalue weighted by atomic mass is 19.3. The van der Waals surface area contributed by atoms with Crippen LogP contribution in [0.25, 0.3) is 21.9 Å². The fourth-order valence-electron chi connectivity index (χ4n) is 3.28. The van der Waals surface area contributed by atoms with Gasteiger partial charge in [-0.1, -0.05) is 37.3 Å². The van der Waals surface area contributed by atoms with Crippen molar-refractivity contribution >= 4 is 27.7 Å². The third-order valence-electron chi connectivity index (χ3n) is 5.04. The summed E-state index contributed by atoms with van der Waals surface area (Å²) in [6, 6.07) is 19.6. The first-order valence-electron chi connectivity index (χ1n) is 10.1. The fraction of sp³-hybridized carbons (Fsp3) is 0.240. The van der Waals surface area contributed by atoms with Gasteiger partial charge < -0.3 is 13.9 Å². The van der Waals surface area contributed by atoms with Gasteiger partial charge >= 0.3 is 6.11 Å². The van der Waals surface area contributed by atoms with Gasteiger partial charge in [0.25, 0.3) is 0 Å². The van der Waals surface area contributed by atoms with Crippen molar-refractivity contribution in [3.63, 3.8) is 0 Å². The third-order valence-corrected chi connectivity index (χ3v) is 5.04. The first kappa shape index (κ1) is 20.8. The topological polar surface area (TPSA) is 48.7 Å². The Morgan fingerprint density at radius 3 is 2.42 bits per heavy atom. The molecule has 0 N–H and O–H groups in total. The van der Waals surface area contributed by atoms with Crippen LogP contribution in [0.3, 0.4) is 0 Å². The number of halogens is 2. The summed E-state index contributed by atoms with van der Waals surface area (Å²) in [5, 5.41) is 1.94. The van der Waals surface area contributed by atoms with Crippen LogP contribution in [0.2, 0.25) is 0 Å². The molecule has 160 valence electrons. The molecule has 31 heavy (non-hydrogen) atoms. The molecule has 0 aliphatic heterocycles. The van der Waals surface area contributed by atoms with E-state index in [9.17, 15) is 13.6 Å². The van der Waals surface area contributed by atoms with E-state index in [4.69, 9.17) is 9.15 Å². The number of Topliss-reactive ketones (excluding diaryl/α,β-unsaturated/α-hetero) is 1. The van der Waals surface area contributed by atoms with Gasteiger partial charge in [-0.05, 0) is 48.4 Å². The Hall–Kier alpha value is -3.41. The molecule has 3 aromatic carbocycles.